The van der Waals surface area contributed by atoms with Gasteiger partial charge in [0.15, 0.2) is 6.10 Å². The summed E-state index contributed by atoms with van der Waals surface area (Å²) in [5.41, 5.74) is 4.51. The second kappa shape index (κ2) is 4.87. The van der Waals surface area contributed by atoms with Gasteiger partial charge < -0.3 is 26.2 Å². The summed E-state index contributed by atoms with van der Waals surface area (Å²) < 4.78 is 0. The Morgan fingerprint density at radius 1 is 1.23 bits per heavy atom. The van der Waals surface area contributed by atoms with E-state index in [1.54, 1.807) is 0 Å². The van der Waals surface area contributed by atoms with Gasteiger partial charge in [-0.1, -0.05) is 0 Å². The Labute approximate surface area is 73.4 Å². The summed E-state index contributed by atoms with van der Waals surface area (Å²) >= 11 is 0. The minimum Gasteiger partial charge on any atom is -0.394 e. The zero-order valence-electron chi connectivity index (χ0n) is 6.62. The average Bonchev–Trinajstić information content (AvgIpc) is 2.12. The molecule has 0 rings (SSSR count). The van der Waals surface area contributed by atoms with Crippen LogP contribution >= 0.6 is 0 Å². The molecule has 0 aliphatic heterocycles. The molecule has 76 valence electrons. The summed E-state index contributed by atoms with van der Waals surface area (Å²) in [5, 5.41) is 34.9. The van der Waals surface area contributed by atoms with Gasteiger partial charge in [0.1, 0.15) is 12.2 Å². The third-order valence-corrected chi connectivity index (χ3v) is 1.42. The van der Waals surface area contributed by atoms with Crippen molar-refractivity contribution in [1.82, 2.24) is 0 Å². The SMILES string of the molecule is NC(=O)C(=O)[C@H](O)[C@H](O)[C@H](O)CO. The number of nitrogens with two attached hydrogens (primary N) is 1. The van der Waals surface area contributed by atoms with Crippen LogP contribution in [0.5, 0.6) is 0 Å². The van der Waals surface area contributed by atoms with E-state index in [0.717, 1.165) is 0 Å². The molecular weight excluding hydrogens is 182 g/mol. The van der Waals surface area contributed by atoms with E-state index < -0.39 is 36.6 Å². The number of hydrogen-bond acceptors (Lipinski definition) is 6. The van der Waals surface area contributed by atoms with E-state index in [2.05, 4.69) is 5.73 Å². The summed E-state index contributed by atoms with van der Waals surface area (Å²) in [4.78, 5) is 20.8. The van der Waals surface area contributed by atoms with Gasteiger partial charge in [0.25, 0.3) is 11.7 Å². The molecule has 0 aromatic heterocycles. The summed E-state index contributed by atoms with van der Waals surface area (Å²) in [7, 11) is 0. The molecule has 0 aromatic carbocycles. The molecule has 0 saturated carbocycles. The molecule has 0 radical (unpaired) electrons. The molecule has 0 saturated heterocycles. The maximum atomic E-state index is 10.6. The van der Waals surface area contributed by atoms with Crippen molar-refractivity contribution in [2.24, 2.45) is 5.73 Å². The number of primary amides is 1. The number of Topliss-reactive ketones (excluding diaryl/α,β-unsaturated/α-hetero) is 1. The molecule has 0 aliphatic carbocycles. The maximum absolute atomic E-state index is 10.6. The number of rotatable bonds is 5. The van der Waals surface area contributed by atoms with Crippen LogP contribution in [0.2, 0.25) is 0 Å². The van der Waals surface area contributed by atoms with E-state index in [4.69, 9.17) is 20.4 Å². The minimum absolute atomic E-state index is 0.843. The maximum Gasteiger partial charge on any atom is 0.287 e. The van der Waals surface area contributed by atoms with Crippen LogP contribution in [0.3, 0.4) is 0 Å². The molecule has 1 amide bonds. The molecule has 7 nitrogen and oxygen atoms in total. The zero-order chi connectivity index (χ0) is 10.6. The molecule has 0 heterocycles. The first kappa shape index (κ1) is 12.0. The van der Waals surface area contributed by atoms with Crippen LogP contribution < -0.4 is 5.73 Å². The molecule has 0 fully saturated rings. The predicted molar refractivity (Wildman–Crippen MR) is 39.3 cm³/mol. The quantitative estimate of drug-likeness (QED) is 0.283. The van der Waals surface area contributed by atoms with Crippen LogP contribution in [0.25, 0.3) is 0 Å². The van der Waals surface area contributed by atoms with E-state index >= 15 is 0 Å². The summed E-state index contributed by atoms with van der Waals surface area (Å²) in [5.74, 6) is -2.84. The van der Waals surface area contributed by atoms with Gasteiger partial charge >= 0.3 is 0 Å². The third kappa shape index (κ3) is 3.07. The number of carbonyl (C=O) groups excluding carboxylic acids is 2. The van der Waals surface area contributed by atoms with Crippen molar-refractivity contribution in [3.8, 4) is 0 Å². The normalized spacial score (nSPS) is 17.5. The number of hydrogen-bond donors (Lipinski definition) is 5. The monoisotopic (exact) mass is 193 g/mol. The molecule has 7 heteroatoms. The van der Waals surface area contributed by atoms with E-state index in [0.29, 0.717) is 0 Å². The van der Waals surface area contributed by atoms with Crippen molar-refractivity contribution < 1.29 is 30.0 Å². The largest absolute Gasteiger partial charge is 0.394 e. The van der Waals surface area contributed by atoms with Crippen molar-refractivity contribution in [2.75, 3.05) is 6.61 Å². The Bertz CT molecular complexity index is 205. The number of aliphatic hydroxyl groups excluding tert-OH is 4. The standard InChI is InChI=1S/C6H11NO6/c7-6(13)5(12)4(11)3(10)2(9)1-8/h2-4,8-11H,1H2,(H2,7,13)/t2-,3-,4-/m1/s1. The van der Waals surface area contributed by atoms with E-state index in [-0.39, 0.29) is 0 Å². The number of ketones is 1. The van der Waals surface area contributed by atoms with E-state index in [1.807, 2.05) is 0 Å². The van der Waals surface area contributed by atoms with Crippen LogP contribution in [0, 0.1) is 0 Å². The van der Waals surface area contributed by atoms with Crippen LogP contribution in [0.1, 0.15) is 0 Å². The Balaban J connectivity index is 4.33. The van der Waals surface area contributed by atoms with Crippen LogP contribution in [-0.4, -0.2) is 57.0 Å². The van der Waals surface area contributed by atoms with Gasteiger partial charge in [-0.2, -0.15) is 0 Å². The number of carbonyl (C=O) groups is 2. The fraction of sp³-hybridized carbons (Fsp3) is 0.667. The third-order valence-electron chi connectivity index (χ3n) is 1.42. The second-order valence-electron chi connectivity index (χ2n) is 2.41. The molecular formula is C6H11NO6. The second-order valence-corrected chi connectivity index (χ2v) is 2.41. The first-order chi connectivity index (χ1) is 5.91. The van der Waals surface area contributed by atoms with Gasteiger partial charge in [-0.25, -0.2) is 0 Å². The molecule has 0 aromatic rings. The summed E-state index contributed by atoms with van der Waals surface area (Å²) in [6.45, 7) is -0.843. The minimum atomic E-state index is -2.11. The van der Waals surface area contributed by atoms with Gasteiger partial charge in [-0.15, -0.1) is 0 Å². The Hall–Kier alpha value is -1.02. The van der Waals surface area contributed by atoms with Crippen molar-refractivity contribution in [3.63, 3.8) is 0 Å². The topological polar surface area (TPSA) is 141 Å². The van der Waals surface area contributed by atoms with Gasteiger partial charge in [0.2, 0.25) is 0 Å². The smallest absolute Gasteiger partial charge is 0.287 e. The predicted octanol–water partition coefficient (Wildman–Crippen LogP) is -3.88. The van der Waals surface area contributed by atoms with Gasteiger partial charge in [-0.3, -0.25) is 9.59 Å². The lowest BCUT2D eigenvalue weighted by Crippen LogP contribution is -2.47. The first-order valence-corrected chi connectivity index (χ1v) is 3.40. The first-order valence-electron chi connectivity index (χ1n) is 3.40. The van der Waals surface area contributed by atoms with Crippen molar-refractivity contribution in [2.45, 2.75) is 18.3 Å². The van der Waals surface area contributed by atoms with Crippen molar-refractivity contribution in [3.05, 3.63) is 0 Å². The molecule has 13 heavy (non-hydrogen) atoms. The molecule has 3 atom stereocenters. The van der Waals surface area contributed by atoms with Gasteiger partial charge in [-0.05, 0) is 0 Å². The molecule has 6 N–H and O–H groups in total. The van der Waals surface area contributed by atoms with Crippen LogP contribution in [-0.2, 0) is 9.59 Å². The van der Waals surface area contributed by atoms with Crippen molar-refractivity contribution in [1.29, 1.82) is 0 Å². The fourth-order valence-electron chi connectivity index (χ4n) is 0.619. The lowest BCUT2D eigenvalue weighted by Gasteiger charge is -2.18. The van der Waals surface area contributed by atoms with Gasteiger partial charge in [0.05, 0.1) is 6.61 Å². The summed E-state index contributed by atoms with van der Waals surface area (Å²) in [6.07, 6.45) is -5.73. The highest BCUT2D eigenvalue weighted by Gasteiger charge is 2.32. The highest BCUT2D eigenvalue weighted by atomic mass is 16.4. The molecule has 0 bridgehead atoms. The van der Waals surface area contributed by atoms with E-state index in [9.17, 15) is 9.59 Å². The van der Waals surface area contributed by atoms with Gasteiger partial charge in [0, 0.05) is 0 Å². The highest BCUT2D eigenvalue weighted by molar-refractivity contribution is 6.37. The lowest BCUT2D eigenvalue weighted by molar-refractivity contribution is -0.149. The Kier molecular flexibility index (Phi) is 4.49. The highest BCUT2D eigenvalue weighted by Crippen LogP contribution is 2.00. The van der Waals surface area contributed by atoms with E-state index in [1.165, 1.54) is 0 Å². The Morgan fingerprint density at radius 2 is 1.69 bits per heavy atom. The fourth-order valence-corrected chi connectivity index (χ4v) is 0.619. The molecule has 0 aliphatic rings. The summed E-state index contributed by atoms with van der Waals surface area (Å²) in [6, 6.07) is 0. The van der Waals surface area contributed by atoms with Crippen LogP contribution in [0.4, 0.5) is 0 Å². The zero-order valence-corrected chi connectivity index (χ0v) is 6.62. The molecule has 0 unspecified atom stereocenters. The number of aliphatic hydroxyl groups is 4. The number of amides is 1. The Morgan fingerprint density at radius 3 is 2.00 bits per heavy atom. The average molecular weight is 193 g/mol. The lowest BCUT2D eigenvalue weighted by atomic mass is 10.0. The van der Waals surface area contributed by atoms with Crippen molar-refractivity contribution >= 4 is 11.7 Å². The van der Waals surface area contributed by atoms with Crippen LogP contribution in [0.15, 0.2) is 0 Å². The molecule has 0 spiro atoms.